The number of hydrogen-bond acceptors (Lipinski definition) is 8. The van der Waals surface area contributed by atoms with E-state index in [-0.39, 0.29) is 5.91 Å². The van der Waals surface area contributed by atoms with Crippen LogP contribution in [0.25, 0.3) is 0 Å². The lowest BCUT2D eigenvalue weighted by Crippen LogP contribution is -2.40. The van der Waals surface area contributed by atoms with Gasteiger partial charge in [0.1, 0.15) is 17.5 Å². The van der Waals surface area contributed by atoms with E-state index in [9.17, 15) is 4.79 Å². The first-order valence-corrected chi connectivity index (χ1v) is 12.6. The number of aryl methyl sites for hydroxylation is 1. The number of carbonyl (C=O) groups excluding carboxylic acids is 1. The standard InChI is InChI=1S/C24H30N8OS/c1-3-23(33)26-17-6-8-18(9-7-17)34-24-28-20(27-21-11-15(2)30-31-21)12-22(29-24)32-13-16-5-4-10-25-19(16)14-32/h6-9,11-12,16,19,25H,3-5,10,13-14H2,1-2H3,(H,26,33)(H2,27,28,29,30,31). The summed E-state index contributed by atoms with van der Waals surface area (Å²) in [6.45, 7) is 6.85. The molecule has 178 valence electrons. The highest BCUT2D eigenvalue weighted by molar-refractivity contribution is 7.99. The van der Waals surface area contributed by atoms with Crippen LogP contribution in [0.1, 0.15) is 31.9 Å². The molecule has 5 rings (SSSR count). The minimum Gasteiger partial charge on any atom is -0.355 e. The van der Waals surface area contributed by atoms with Crippen molar-refractivity contribution in [1.82, 2.24) is 25.5 Å². The maximum Gasteiger partial charge on any atom is 0.224 e. The van der Waals surface area contributed by atoms with Gasteiger partial charge in [0.2, 0.25) is 5.91 Å². The number of hydrogen-bond donors (Lipinski definition) is 4. The second kappa shape index (κ2) is 10.0. The minimum atomic E-state index is 0.00173. The molecule has 10 heteroatoms. The van der Waals surface area contributed by atoms with E-state index in [1.807, 2.05) is 50.2 Å². The average molecular weight is 479 g/mol. The van der Waals surface area contributed by atoms with Crippen molar-refractivity contribution in [3.63, 3.8) is 0 Å². The lowest BCUT2D eigenvalue weighted by atomic mass is 9.94. The van der Waals surface area contributed by atoms with Crippen molar-refractivity contribution < 1.29 is 4.79 Å². The van der Waals surface area contributed by atoms with Crippen LogP contribution >= 0.6 is 11.8 Å². The molecular formula is C24H30N8OS. The minimum absolute atomic E-state index is 0.00173. The summed E-state index contributed by atoms with van der Waals surface area (Å²) in [5, 5.41) is 17.8. The molecule has 1 aromatic carbocycles. The lowest BCUT2D eigenvalue weighted by Gasteiger charge is -2.24. The summed E-state index contributed by atoms with van der Waals surface area (Å²) < 4.78 is 0. The number of rotatable bonds is 7. The normalized spacial score (nSPS) is 19.6. The number of fused-ring (bicyclic) bond motifs is 1. The Bertz CT molecular complexity index is 1130. The molecule has 9 nitrogen and oxygen atoms in total. The highest BCUT2D eigenvalue weighted by Gasteiger charge is 2.35. The van der Waals surface area contributed by atoms with E-state index in [2.05, 4.69) is 31.0 Å². The van der Waals surface area contributed by atoms with Crippen LogP contribution in [0.15, 0.2) is 46.5 Å². The molecule has 2 unspecified atom stereocenters. The van der Waals surface area contributed by atoms with E-state index >= 15 is 0 Å². The van der Waals surface area contributed by atoms with Crippen LogP contribution in [0.2, 0.25) is 0 Å². The van der Waals surface area contributed by atoms with Crippen molar-refractivity contribution in [1.29, 1.82) is 0 Å². The molecule has 0 spiro atoms. The third kappa shape index (κ3) is 5.34. The molecule has 2 aliphatic heterocycles. The Hall–Kier alpha value is -3.11. The van der Waals surface area contributed by atoms with Crippen LogP contribution in [0.4, 0.5) is 23.1 Å². The van der Waals surface area contributed by atoms with Crippen molar-refractivity contribution in [3.05, 3.63) is 42.1 Å². The van der Waals surface area contributed by atoms with Crippen molar-refractivity contribution in [2.24, 2.45) is 5.92 Å². The molecule has 2 fully saturated rings. The number of benzene rings is 1. The molecule has 4 N–H and O–H groups in total. The zero-order valence-electron chi connectivity index (χ0n) is 19.5. The average Bonchev–Trinajstić information content (AvgIpc) is 3.46. The molecule has 0 bridgehead atoms. The molecule has 0 aliphatic carbocycles. The van der Waals surface area contributed by atoms with Crippen LogP contribution in [-0.2, 0) is 4.79 Å². The molecule has 3 aromatic rings. The monoisotopic (exact) mass is 478 g/mol. The van der Waals surface area contributed by atoms with Crippen LogP contribution in [0.3, 0.4) is 0 Å². The topological polar surface area (TPSA) is 111 Å². The molecular weight excluding hydrogens is 448 g/mol. The quantitative estimate of drug-likeness (QED) is 0.378. The number of nitrogens with zero attached hydrogens (tertiary/aromatic N) is 4. The Morgan fingerprint density at radius 2 is 2.06 bits per heavy atom. The van der Waals surface area contributed by atoms with Gasteiger partial charge in [0.15, 0.2) is 5.16 Å². The summed E-state index contributed by atoms with van der Waals surface area (Å²) in [7, 11) is 0. The molecule has 2 aromatic heterocycles. The number of carbonyl (C=O) groups is 1. The summed E-state index contributed by atoms with van der Waals surface area (Å²) in [5.74, 6) is 3.12. The van der Waals surface area contributed by atoms with Crippen molar-refractivity contribution in [3.8, 4) is 0 Å². The van der Waals surface area contributed by atoms with Gasteiger partial charge in [-0.05, 0) is 68.3 Å². The number of nitrogens with one attached hydrogen (secondary N) is 4. The highest BCUT2D eigenvalue weighted by Crippen LogP contribution is 2.33. The third-order valence-corrected chi connectivity index (χ3v) is 7.13. The predicted molar refractivity (Wildman–Crippen MR) is 135 cm³/mol. The Morgan fingerprint density at radius 3 is 2.79 bits per heavy atom. The van der Waals surface area contributed by atoms with Crippen molar-refractivity contribution in [2.45, 2.75) is 49.2 Å². The number of anilines is 4. The van der Waals surface area contributed by atoms with Crippen LogP contribution in [-0.4, -0.2) is 51.7 Å². The number of piperidine rings is 1. The summed E-state index contributed by atoms with van der Waals surface area (Å²) in [6, 6.07) is 12.3. The van der Waals surface area contributed by atoms with Gasteiger partial charge < -0.3 is 20.9 Å². The van der Waals surface area contributed by atoms with Crippen LogP contribution < -0.4 is 20.9 Å². The highest BCUT2D eigenvalue weighted by atomic mass is 32.2. The van der Waals surface area contributed by atoms with E-state index in [4.69, 9.17) is 9.97 Å². The Kier molecular flexibility index (Phi) is 6.68. The molecule has 0 saturated carbocycles. The van der Waals surface area contributed by atoms with E-state index in [0.717, 1.165) is 53.4 Å². The first-order valence-electron chi connectivity index (χ1n) is 11.8. The van der Waals surface area contributed by atoms with Crippen LogP contribution in [0.5, 0.6) is 0 Å². The summed E-state index contributed by atoms with van der Waals surface area (Å²) >= 11 is 1.51. The number of aromatic amines is 1. The lowest BCUT2D eigenvalue weighted by molar-refractivity contribution is -0.115. The molecule has 4 heterocycles. The Morgan fingerprint density at radius 1 is 1.21 bits per heavy atom. The maximum absolute atomic E-state index is 11.6. The van der Waals surface area contributed by atoms with E-state index in [1.54, 1.807) is 0 Å². The van der Waals surface area contributed by atoms with Gasteiger partial charge in [0.25, 0.3) is 0 Å². The van der Waals surface area contributed by atoms with Crippen molar-refractivity contribution >= 4 is 40.8 Å². The van der Waals surface area contributed by atoms with E-state index in [0.29, 0.717) is 23.5 Å². The van der Waals surface area contributed by atoms with Gasteiger partial charge in [0, 0.05) is 48.3 Å². The van der Waals surface area contributed by atoms with E-state index < -0.39 is 0 Å². The summed E-state index contributed by atoms with van der Waals surface area (Å²) in [4.78, 5) is 24.7. The Balaban J connectivity index is 1.38. The van der Waals surface area contributed by atoms with Gasteiger partial charge in [-0.1, -0.05) is 6.92 Å². The summed E-state index contributed by atoms with van der Waals surface area (Å²) in [5.41, 5.74) is 1.70. The van der Waals surface area contributed by atoms with Crippen molar-refractivity contribution in [2.75, 3.05) is 35.2 Å². The fraction of sp³-hybridized carbons (Fsp3) is 0.417. The van der Waals surface area contributed by atoms with Gasteiger partial charge in [-0.25, -0.2) is 9.97 Å². The maximum atomic E-state index is 11.6. The fourth-order valence-electron chi connectivity index (χ4n) is 4.50. The zero-order valence-corrected chi connectivity index (χ0v) is 20.3. The Labute approximate surface area is 203 Å². The second-order valence-electron chi connectivity index (χ2n) is 8.84. The second-order valence-corrected chi connectivity index (χ2v) is 9.88. The van der Waals surface area contributed by atoms with Crippen LogP contribution in [0, 0.1) is 12.8 Å². The first-order chi connectivity index (χ1) is 16.6. The molecule has 2 saturated heterocycles. The molecule has 0 radical (unpaired) electrons. The summed E-state index contributed by atoms with van der Waals surface area (Å²) in [6.07, 6.45) is 2.96. The van der Waals surface area contributed by atoms with Gasteiger partial charge in [-0.2, -0.15) is 5.10 Å². The van der Waals surface area contributed by atoms with Gasteiger partial charge in [-0.3, -0.25) is 9.89 Å². The number of aromatic nitrogens is 4. The fourth-order valence-corrected chi connectivity index (χ4v) is 5.27. The molecule has 2 aliphatic rings. The van der Waals surface area contributed by atoms with E-state index in [1.165, 1.54) is 24.6 Å². The molecule has 34 heavy (non-hydrogen) atoms. The SMILES string of the molecule is CCC(=O)Nc1ccc(Sc2nc(Nc3cc(C)n[nH]3)cc(N3CC4CCCNC4C3)n2)cc1. The number of amides is 1. The largest absolute Gasteiger partial charge is 0.355 e. The number of H-pyrrole nitrogens is 1. The van der Waals surface area contributed by atoms with Gasteiger partial charge in [-0.15, -0.1) is 0 Å². The molecule has 2 atom stereocenters. The first kappa shape index (κ1) is 22.7. The molecule has 1 amide bonds. The third-order valence-electron chi connectivity index (χ3n) is 6.25. The van der Waals surface area contributed by atoms with Gasteiger partial charge >= 0.3 is 0 Å². The smallest absolute Gasteiger partial charge is 0.224 e. The zero-order chi connectivity index (χ0) is 23.5. The van der Waals surface area contributed by atoms with Gasteiger partial charge in [0.05, 0.1) is 5.69 Å². The predicted octanol–water partition coefficient (Wildman–Crippen LogP) is 3.94.